The lowest BCUT2D eigenvalue weighted by atomic mass is 10.0. The van der Waals surface area contributed by atoms with Crippen LogP contribution in [0.2, 0.25) is 0 Å². The maximum atomic E-state index is 13.9. The van der Waals surface area contributed by atoms with Gasteiger partial charge in [0.1, 0.15) is 22.9 Å². The van der Waals surface area contributed by atoms with Crippen molar-refractivity contribution in [2.75, 3.05) is 5.88 Å². The molecule has 3 aromatic rings. The minimum atomic E-state index is -0.936. The lowest BCUT2D eigenvalue weighted by molar-refractivity contribution is -0.134. The summed E-state index contributed by atoms with van der Waals surface area (Å²) in [5, 5.41) is 2.57. The topological polar surface area (TPSA) is 55.4 Å². The number of ether oxygens (including phenoxy) is 1. The molecule has 0 spiro atoms. The van der Waals surface area contributed by atoms with E-state index >= 15 is 0 Å². The number of halogens is 3. The molecule has 0 bridgehead atoms. The number of esters is 1. The van der Waals surface area contributed by atoms with E-state index in [0.29, 0.717) is 17.7 Å². The number of rotatable bonds is 7. The molecule has 4 nitrogen and oxygen atoms in total. The summed E-state index contributed by atoms with van der Waals surface area (Å²) in [6.07, 6.45) is 0.297. The van der Waals surface area contributed by atoms with Crippen molar-refractivity contribution < 1.29 is 23.1 Å². The Hall–Kier alpha value is -3.25. The Morgan fingerprint density at radius 1 is 0.935 bits per heavy atom. The van der Waals surface area contributed by atoms with Gasteiger partial charge in [0.05, 0.1) is 6.04 Å². The molecule has 1 atom stereocenters. The van der Waals surface area contributed by atoms with Gasteiger partial charge in [0.25, 0.3) is 5.91 Å². The Labute approximate surface area is 183 Å². The van der Waals surface area contributed by atoms with Crippen LogP contribution in [0, 0.1) is 11.6 Å². The zero-order chi connectivity index (χ0) is 22.4. The number of amides is 1. The van der Waals surface area contributed by atoms with E-state index in [0.717, 1.165) is 23.3 Å². The van der Waals surface area contributed by atoms with E-state index in [1.54, 1.807) is 31.2 Å². The van der Waals surface area contributed by atoms with Gasteiger partial charge in [0.2, 0.25) is 0 Å². The summed E-state index contributed by atoms with van der Waals surface area (Å²) in [6.45, 7) is 1.72. The Balaban J connectivity index is 1.73. The summed E-state index contributed by atoms with van der Waals surface area (Å²) in [5.74, 6) is -2.55. The number of alkyl halides is 1. The Kier molecular flexibility index (Phi) is 7.36. The molecule has 1 N–H and O–H groups in total. The molecule has 0 saturated carbocycles. The summed E-state index contributed by atoms with van der Waals surface area (Å²) in [6, 6.07) is 16.9. The minimum Gasteiger partial charge on any atom is -0.427 e. The molecule has 0 saturated heterocycles. The second kappa shape index (κ2) is 10.2. The molecule has 3 rings (SSSR count). The van der Waals surface area contributed by atoms with E-state index in [1.807, 2.05) is 24.3 Å². The van der Waals surface area contributed by atoms with Gasteiger partial charge in [-0.3, -0.25) is 9.59 Å². The third-order valence-electron chi connectivity index (χ3n) is 4.67. The van der Waals surface area contributed by atoms with Crippen molar-refractivity contribution in [1.82, 2.24) is 5.32 Å². The second-order valence-corrected chi connectivity index (χ2v) is 7.06. The van der Waals surface area contributed by atoms with Crippen LogP contribution >= 0.6 is 11.6 Å². The number of nitrogens with one attached hydrogen (secondary N) is 1. The number of hydrogen-bond acceptors (Lipinski definition) is 3. The summed E-state index contributed by atoms with van der Waals surface area (Å²) >= 11 is 6.00. The first-order valence-corrected chi connectivity index (χ1v) is 10.2. The van der Waals surface area contributed by atoms with Crippen LogP contribution in [-0.2, 0) is 4.79 Å². The molecule has 7 heteroatoms. The molecule has 1 amide bonds. The summed E-state index contributed by atoms with van der Waals surface area (Å²) in [7, 11) is 0. The lowest BCUT2D eigenvalue weighted by Gasteiger charge is -2.17. The predicted molar refractivity (Wildman–Crippen MR) is 115 cm³/mol. The van der Waals surface area contributed by atoms with Crippen molar-refractivity contribution in [1.29, 1.82) is 0 Å². The van der Waals surface area contributed by atoms with Crippen LogP contribution in [0.25, 0.3) is 11.1 Å². The number of carbonyl (C=O) groups is 2. The third kappa shape index (κ3) is 5.47. The molecule has 160 valence electrons. The fourth-order valence-corrected chi connectivity index (χ4v) is 3.24. The van der Waals surface area contributed by atoms with Crippen LogP contribution in [0.5, 0.6) is 5.75 Å². The molecule has 0 aromatic heterocycles. The van der Waals surface area contributed by atoms with Gasteiger partial charge in [-0.15, -0.1) is 11.6 Å². The molecule has 0 aliphatic carbocycles. The fourth-order valence-electron chi connectivity index (χ4n) is 2.98. The molecular formula is C24H20ClF2NO3. The average molecular weight is 444 g/mol. The van der Waals surface area contributed by atoms with Gasteiger partial charge in [-0.05, 0) is 41.0 Å². The van der Waals surface area contributed by atoms with Gasteiger partial charge in [0.15, 0.2) is 0 Å². The monoisotopic (exact) mass is 443 g/mol. The summed E-state index contributed by atoms with van der Waals surface area (Å²) in [5.41, 5.74) is 1.86. The fraction of sp³-hybridized carbons (Fsp3) is 0.167. The maximum absolute atomic E-state index is 13.9. The van der Waals surface area contributed by atoms with Crippen LogP contribution in [0.1, 0.15) is 35.3 Å². The molecule has 31 heavy (non-hydrogen) atoms. The van der Waals surface area contributed by atoms with Crippen LogP contribution in [0.15, 0.2) is 66.7 Å². The second-order valence-electron chi connectivity index (χ2n) is 6.75. The van der Waals surface area contributed by atoms with Crippen molar-refractivity contribution >= 4 is 23.5 Å². The van der Waals surface area contributed by atoms with Crippen molar-refractivity contribution in [2.24, 2.45) is 0 Å². The molecule has 0 radical (unpaired) electrons. The lowest BCUT2D eigenvalue weighted by Crippen LogP contribution is -2.31. The first-order chi connectivity index (χ1) is 14.9. The van der Waals surface area contributed by atoms with Gasteiger partial charge in [-0.25, -0.2) is 8.78 Å². The standard InChI is InChI=1S/C24H20ClF2NO3/c1-2-22(29)31-18-12-10-16(11-13-18)15-6-8-17(9-7-15)21(14-25)28-24(30)23-19(26)4-3-5-20(23)27/h3-13,21H,2,14H2,1H3,(H,28,30). The molecule has 1 unspecified atom stereocenters. The normalized spacial score (nSPS) is 11.6. The van der Waals surface area contributed by atoms with Crippen molar-refractivity contribution in [3.63, 3.8) is 0 Å². The highest BCUT2D eigenvalue weighted by Crippen LogP contribution is 2.25. The van der Waals surface area contributed by atoms with Crippen LogP contribution in [-0.4, -0.2) is 17.8 Å². The van der Waals surface area contributed by atoms with Gasteiger partial charge >= 0.3 is 5.97 Å². The first kappa shape index (κ1) is 22.4. The molecular weight excluding hydrogens is 424 g/mol. The molecule has 0 aliphatic heterocycles. The van der Waals surface area contributed by atoms with E-state index in [1.165, 1.54) is 6.07 Å². The molecule has 0 fully saturated rings. The Morgan fingerprint density at radius 3 is 2.00 bits per heavy atom. The van der Waals surface area contributed by atoms with E-state index < -0.39 is 29.1 Å². The predicted octanol–water partition coefficient (Wildman–Crippen LogP) is 5.66. The third-order valence-corrected chi connectivity index (χ3v) is 4.98. The van der Waals surface area contributed by atoms with E-state index in [-0.39, 0.29) is 11.8 Å². The highest BCUT2D eigenvalue weighted by molar-refractivity contribution is 6.18. The van der Waals surface area contributed by atoms with Crippen LogP contribution in [0.3, 0.4) is 0 Å². The molecule has 0 aliphatic rings. The average Bonchev–Trinajstić information content (AvgIpc) is 2.78. The van der Waals surface area contributed by atoms with Crippen molar-refractivity contribution in [2.45, 2.75) is 19.4 Å². The van der Waals surface area contributed by atoms with Gasteiger partial charge in [-0.2, -0.15) is 0 Å². The minimum absolute atomic E-state index is 0.0264. The number of benzene rings is 3. The Bertz CT molecular complexity index is 1050. The summed E-state index contributed by atoms with van der Waals surface area (Å²) < 4.78 is 32.9. The van der Waals surface area contributed by atoms with Gasteiger partial charge in [-0.1, -0.05) is 49.4 Å². The smallest absolute Gasteiger partial charge is 0.310 e. The van der Waals surface area contributed by atoms with E-state index in [4.69, 9.17) is 16.3 Å². The first-order valence-electron chi connectivity index (χ1n) is 9.64. The van der Waals surface area contributed by atoms with Crippen molar-refractivity contribution in [3.8, 4) is 16.9 Å². The van der Waals surface area contributed by atoms with Crippen LogP contribution < -0.4 is 10.1 Å². The zero-order valence-electron chi connectivity index (χ0n) is 16.7. The van der Waals surface area contributed by atoms with Gasteiger partial charge in [0, 0.05) is 12.3 Å². The maximum Gasteiger partial charge on any atom is 0.310 e. The van der Waals surface area contributed by atoms with E-state index in [2.05, 4.69) is 5.32 Å². The quantitative estimate of drug-likeness (QED) is 0.291. The SMILES string of the molecule is CCC(=O)Oc1ccc(-c2ccc(C(CCl)NC(=O)c3c(F)cccc3F)cc2)cc1. The van der Waals surface area contributed by atoms with Crippen LogP contribution in [0.4, 0.5) is 8.78 Å². The highest BCUT2D eigenvalue weighted by atomic mass is 35.5. The number of carbonyl (C=O) groups excluding carboxylic acids is 2. The molecule has 0 heterocycles. The van der Waals surface area contributed by atoms with Gasteiger partial charge < -0.3 is 10.1 Å². The summed E-state index contributed by atoms with van der Waals surface area (Å²) in [4.78, 5) is 23.7. The number of hydrogen-bond donors (Lipinski definition) is 1. The highest BCUT2D eigenvalue weighted by Gasteiger charge is 2.21. The van der Waals surface area contributed by atoms with E-state index in [9.17, 15) is 18.4 Å². The zero-order valence-corrected chi connectivity index (χ0v) is 17.5. The Morgan fingerprint density at radius 2 is 1.48 bits per heavy atom. The van der Waals surface area contributed by atoms with Crippen molar-refractivity contribution in [3.05, 3.63) is 89.5 Å². The molecule has 3 aromatic carbocycles. The largest absolute Gasteiger partial charge is 0.427 e.